The smallest absolute Gasteiger partial charge is 0.255 e. The molecule has 2 aromatic rings. The Morgan fingerprint density at radius 3 is 3.00 bits per heavy atom. The second-order valence-corrected chi connectivity index (χ2v) is 4.54. The summed E-state index contributed by atoms with van der Waals surface area (Å²) in [6.07, 6.45) is 3.61. The zero-order valence-electron chi connectivity index (χ0n) is 10.7. The molecule has 0 amide bonds. The standard InChI is InChI=1S/C13H14N4O2/c1-3-13(15-7-19-17-13)10-6-9-8(2)14-5-4-11(9)16-12(10)18/h4-7,17H,3H2,1-2H3,(H,16,18). The molecular weight excluding hydrogens is 244 g/mol. The first-order chi connectivity index (χ1) is 9.16. The van der Waals surface area contributed by atoms with E-state index in [0.717, 1.165) is 16.6 Å². The number of hydrogen-bond acceptors (Lipinski definition) is 5. The normalized spacial score (nSPS) is 21.8. The van der Waals surface area contributed by atoms with Crippen molar-refractivity contribution in [3.05, 3.63) is 39.9 Å². The summed E-state index contributed by atoms with van der Waals surface area (Å²) in [6.45, 7) is 3.85. The molecule has 1 aliphatic heterocycles. The van der Waals surface area contributed by atoms with Crippen molar-refractivity contribution >= 4 is 17.3 Å². The van der Waals surface area contributed by atoms with E-state index in [2.05, 4.69) is 20.4 Å². The largest absolute Gasteiger partial charge is 0.394 e. The molecule has 0 saturated carbocycles. The maximum Gasteiger partial charge on any atom is 0.255 e. The maximum absolute atomic E-state index is 12.3. The molecule has 6 heteroatoms. The zero-order chi connectivity index (χ0) is 13.5. The van der Waals surface area contributed by atoms with Crippen molar-refractivity contribution in [3.8, 4) is 0 Å². The van der Waals surface area contributed by atoms with Gasteiger partial charge in [0.15, 0.2) is 12.1 Å². The van der Waals surface area contributed by atoms with Gasteiger partial charge in [0.1, 0.15) is 0 Å². The second-order valence-electron chi connectivity index (χ2n) is 4.54. The van der Waals surface area contributed by atoms with Gasteiger partial charge >= 0.3 is 0 Å². The van der Waals surface area contributed by atoms with Crippen molar-refractivity contribution in [2.75, 3.05) is 0 Å². The minimum Gasteiger partial charge on any atom is -0.394 e. The molecule has 6 nitrogen and oxygen atoms in total. The lowest BCUT2D eigenvalue weighted by atomic mass is 9.98. The lowest BCUT2D eigenvalue weighted by molar-refractivity contribution is 0.119. The summed E-state index contributed by atoms with van der Waals surface area (Å²) in [5.74, 6) is 0. The first kappa shape index (κ1) is 11.9. The van der Waals surface area contributed by atoms with Crippen LogP contribution in [0.25, 0.3) is 10.9 Å². The van der Waals surface area contributed by atoms with Crippen LogP contribution in [0.1, 0.15) is 24.6 Å². The Morgan fingerprint density at radius 2 is 2.32 bits per heavy atom. The Balaban J connectivity index is 2.30. The van der Waals surface area contributed by atoms with Crippen LogP contribution >= 0.6 is 0 Å². The Morgan fingerprint density at radius 1 is 1.47 bits per heavy atom. The van der Waals surface area contributed by atoms with Crippen LogP contribution in [-0.2, 0) is 10.5 Å². The van der Waals surface area contributed by atoms with Gasteiger partial charge in [0, 0.05) is 17.3 Å². The molecule has 0 aromatic carbocycles. The van der Waals surface area contributed by atoms with Gasteiger partial charge in [-0.15, -0.1) is 5.48 Å². The number of nitrogens with one attached hydrogen (secondary N) is 2. The van der Waals surface area contributed by atoms with Gasteiger partial charge in [-0.1, -0.05) is 6.92 Å². The fraction of sp³-hybridized carbons (Fsp3) is 0.308. The zero-order valence-corrected chi connectivity index (χ0v) is 10.7. The number of aliphatic imine (C=N–C) groups is 1. The number of rotatable bonds is 2. The van der Waals surface area contributed by atoms with Crippen molar-refractivity contribution in [2.24, 2.45) is 4.99 Å². The van der Waals surface area contributed by atoms with E-state index in [1.165, 1.54) is 6.40 Å². The number of fused-ring (bicyclic) bond motifs is 1. The number of aryl methyl sites for hydroxylation is 1. The fourth-order valence-corrected chi connectivity index (χ4v) is 2.32. The number of hydroxylamine groups is 1. The molecule has 1 unspecified atom stereocenters. The van der Waals surface area contributed by atoms with Crippen molar-refractivity contribution < 1.29 is 4.84 Å². The number of nitrogens with zero attached hydrogens (tertiary/aromatic N) is 2. The number of pyridine rings is 2. The summed E-state index contributed by atoms with van der Waals surface area (Å²) in [7, 11) is 0. The summed E-state index contributed by atoms with van der Waals surface area (Å²) in [5, 5.41) is 0.911. The average molecular weight is 258 g/mol. The number of H-pyrrole nitrogens is 1. The molecule has 1 aliphatic rings. The Kier molecular flexibility index (Phi) is 2.60. The van der Waals surface area contributed by atoms with Crippen LogP contribution in [0.3, 0.4) is 0 Å². The Bertz CT molecular complexity index is 722. The highest BCUT2D eigenvalue weighted by Crippen LogP contribution is 2.28. The SMILES string of the molecule is CCC1(c2cc3c(C)nccc3[nH]c2=O)N=CON1. The van der Waals surface area contributed by atoms with E-state index in [0.29, 0.717) is 12.0 Å². The van der Waals surface area contributed by atoms with Gasteiger partial charge in [-0.3, -0.25) is 9.78 Å². The highest BCUT2D eigenvalue weighted by Gasteiger charge is 2.36. The van der Waals surface area contributed by atoms with Crippen LogP contribution in [0.4, 0.5) is 0 Å². The second kappa shape index (κ2) is 4.17. The number of hydrogen-bond donors (Lipinski definition) is 2. The van der Waals surface area contributed by atoms with Gasteiger partial charge in [0.05, 0.1) is 11.1 Å². The van der Waals surface area contributed by atoms with Crippen molar-refractivity contribution in [1.82, 2.24) is 15.4 Å². The van der Waals surface area contributed by atoms with Crippen LogP contribution in [-0.4, -0.2) is 16.4 Å². The van der Waals surface area contributed by atoms with E-state index in [1.54, 1.807) is 12.3 Å². The molecule has 98 valence electrons. The summed E-state index contributed by atoms with van der Waals surface area (Å²) < 4.78 is 0. The molecule has 3 rings (SSSR count). The minimum atomic E-state index is -0.815. The Hall–Kier alpha value is -2.21. The molecule has 3 heterocycles. The van der Waals surface area contributed by atoms with Gasteiger partial charge in [0.25, 0.3) is 5.56 Å². The summed E-state index contributed by atoms with van der Waals surface area (Å²) >= 11 is 0. The van der Waals surface area contributed by atoms with Crippen molar-refractivity contribution in [2.45, 2.75) is 25.9 Å². The topological polar surface area (TPSA) is 79.4 Å². The third kappa shape index (κ3) is 1.72. The maximum atomic E-state index is 12.3. The van der Waals surface area contributed by atoms with Gasteiger partial charge < -0.3 is 9.82 Å². The van der Waals surface area contributed by atoms with E-state index in [1.807, 2.05) is 19.9 Å². The molecule has 2 aromatic heterocycles. The van der Waals surface area contributed by atoms with Crippen molar-refractivity contribution in [1.29, 1.82) is 0 Å². The third-order valence-electron chi connectivity index (χ3n) is 3.48. The van der Waals surface area contributed by atoms with Crippen molar-refractivity contribution in [3.63, 3.8) is 0 Å². The molecule has 0 spiro atoms. The van der Waals surface area contributed by atoms with Crippen LogP contribution in [0.2, 0.25) is 0 Å². The summed E-state index contributed by atoms with van der Waals surface area (Å²) in [6, 6.07) is 3.62. The molecule has 0 aliphatic carbocycles. The molecule has 0 bridgehead atoms. The summed E-state index contributed by atoms with van der Waals surface area (Å²) in [5.41, 5.74) is 3.98. The first-order valence-electron chi connectivity index (χ1n) is 6.12. The predicted octanol–water partition coefficient (Wildman–Crippen LogP) is 1.36. The van der Waals surface area contributed by atoms with Gasteiger partial charge in [-0.2, -0.15) is 0 Å². The molecule has 19 heavy (non-hydrogen) atoms. The summed E-state index contributed by atoms with van der Waals surface area (Å²) in [4.78, 5) is 28.6. The molecular formula is C13H14N4O2. The van der Waals surface area contributed by atoms with E-state index in [-0.39, 0.29) is 5.56 Å². The quantitative estimate of drug-likeness (QED) is 0.852. The first-order valence-corrected chi connectivity index (χ1v) is 6.12. The molecule has 1 atom stereocenters. The monoisotopic (exact) mass is 258 g/mol. The third-order valence-corrected chi connectivity index (χ3v) is 3.48. The van der Waals surface area contributed by atoms with Crippen LogP contribution in [0, 0.1) is 6.92 Å². The lowest BCUT2D eigenvalue weighted by Gasteiger charge is -2.22. The minimum absolute atomic E-state index is 0.171. The fourth-order valence-electron chi connectivity index (χ4n) is 2.32. The predicted molar refractivity (Wildman–Crippen MR) is 71.8 cm³/mol. The highest BCUT2D eigenvalue weighted by molar-refractivity contribution is 5.81. The van der Waals surface area contributed by atoms with Gasteiger partial charge in [-0.25, -0.2) is 4.99 Å². The van der Waals surface area contributed by atoms with Crippen LogP contribution < -0.4 is 11.0 Å². The van der Waals surface area contributed by atoms with Crippen LogP contribution in [0.5, 0.6) is 0 Å². The van der Waals surface area contributed by atoms with Crippen LogP contribution in [0.15, 0.2) is 28.1 Å². The number of aromatic nitrogens is 2. The van der Waals surface area contributed by atoms with E-state index < -0.39 is 5.66 Å². The van der Waals surface area contributed by atoms with E-state index in [9.17, 15) is 4.79 Å². The number of aromatic amines is 1. The highest BCUT2D eigenvalue weighted by atomic mass is 16.7. The Labute approximate surface area is 109 Å². The van der Waals surface area contributed by atoms with Gasteiger partial charge in [-0.05, 0) is 25.5 Å². The molecule has 0 saturated heterocycles. The molecule has 2 N–H and O–H groups in total. The average Bonchev–Trinajstić information content (AvgIpc) is 2.88. The van der Waals surface area contributed by atoms with E-state index in [4.69, 9.17) is 4.84 Å². The van der Waals surface area contributed by atoms with E-state index >= 15 is 0 Å². The lowest BCUT2D eigenvalue weighted by Crippen LogP contribution is -2.40. The van der Waals surface area contributed by atoms with Gasteiger partial charge in [0.2, 0.25) is 0 Å². The molecule has 0 radical (unpaired) electrons. The molecule has 0 fully saturated rings.